The Kier molecular flexibility index (Phi) is 6.82. The van der Waals surface area contributed by atoms with E-state index in [1.165, 1.54) is 0 Å². The Morgan fingerprint density at radius 3 is 2.41 bits per heavy atom. The molecule has 1 fully saturated rings. The minimum absolute atomic E-state index is 0.177. The Hall–Kier alpha value is -2.09. The van der Waals surface area contributed by atoms with E-state index in [0.29, 0.717) is 32.1 Å². The van der Waals surface area contributed by atoms with E-state index >= 15 is 0 Å². The minimum Gasteiger partial charge on any atom is -0.497 e. The number of nitrogens with one attached hydrogen (secondary N) is 1. The molecule has 6 nitrogen and oxygen atoms in total. The van der Waals surface area contributed by atoms with Gasteiger partial charge in [-0.15, -0.1) is 0 Å². The number of benzene rings is 2. The molecule has 29 heavy (non-hydrogen) atoms. The first-order chi connectivity index (χ1) is 13.9. The lowest BCUT2D eigenvalue weighted by molar-refractivity contribution is 0.0517. The lowest BCUT2D eigenvalue weighted by Crippen LogP contribution is -2.44. The molecule has 0 saturated carbocycles. The van der Waals surface area contributed by atoms with Gasteiger partial charge in [0, 0.05) is 25.2 Å². The molecule has 0 amide bonds. The maximum absolute atomic E-state index is 13.2. The molecule has 1 heterocycles. The van der Waals surface area contributed by atoms with Crippen molar-refractivity contribution in [2.75, 3.05) is 33.5 Å². The molecule has 0 bridgehead atoms. The SMILES string of the molecule is CCOc1ccc(C)cc1S(=O)(=O)NCC1(c2ccc(OC)cc2)CCOCC1. The Morgan fingerprint density at radius 1 is 1.10 bits per heavy atom. The van der Waals surface area contributed by atoms with E-state index in [-0.39, 0.29) is 10.3 Å². The molecule has 1 N–H and O–H groups in total. The van der Waals surface area contributed by atoms with Crippen LogP contribution in [-0.2, 0) is 20.2 Å². The van der Waals surface area contributed by atoms with Crippen LogP contribution in [0.1, 0.15) is 30.9 Å². The van der Waals surface area contributed by atoms with Crippen molar-refractivity contribution in [3.05, 3.63) is 53.6 Å². The van der Waals surface area contributed by atoms with Crippen molar-refractivity contribution in [3.63, 3.8) is 0 Å². The van der Waals surface area contributed by atoms with Crippen LogP contribution in [0.5, 0.6) is 11.5 Å². The second-order valence-corrected chi connectivity index (χ2v) is 9.06. The molecule has 7 heteroatoms. The Balaban J connectivity index is 1.88. The van der Waals surface area contributed by atoms with E-state index in [4.69, 9.17) is 14.2 Å². The molecular formula is C22H29NO5S. The van der Waals surface area contributed by atoms with Crippen molar-refractivity contribution in [1.29, 1.82) is 0 Å². The number of hydrogen-bond donors (Lipinski definition) is 1. The summed E-state index contributed by atoms with van der Waals surface area (Å²) in [5.41, 5.74) is 1.62. The maximum Gasteiger partial charge on any atom is 0.244 e. The first-order valence-electron chi connectivity index (χ1n) is 9.85. The molecule has 1 saturated heterocycles. The predicted molar refractivity (Wildman–Crippen MR) is 112 cm³/mol. The van der Waals surface area contributed by atoms with Gasteiger partial charge in [-0.1, -0.05) is 18.2 Å². The second-order valence-electron chi connectivity index (χ2n) is 7.33. The fourth-order valence-corrected chi connectivity index (χ4v) is 5.04. The van der Waals surface area contributed by atoms with Crippen LogP contribution in [-0.4, -0.2) is 41.9 Å². The highest BCUT2D eigenvalue weighted by Gasteiger charge is 2.36. The molecule has 0 aromatic heterocycles. The number of methoxy groups -OCH3 is 1. The molecule has 2 aromatic rings. The van der Waals surface area contributed by atoms with Gasteiger partial charge in [0.15, 0.2) is 0 Å². The van der Waals surface area contributed by atoms with Crippen LogP contribution in [0.2, 0.25) is 0 Å². The highest BCUT2D eigenvalue weighted by atomic mass is 32.2. The number of aryl methyl sites for hydroxylation is 1. The van der Waals surface area contributed by atoms with Crippen LogP contribution in [0, 0.1) is 6.92 Å². The van der Waals surface area contributed by atoms with E-state index in [1.807, 2.05) is 44.2 Å². The lowest BCUT2D eigenvalue weighted by Gasteiger charge is -2.38. The first kappa shape index (κ1) is 21.6. The summed E-state index contributed by atoms with van der Waals surface area (Å²) in [5.74, 6) is 1.15. The first-order valence-corrected chi connectivity index (χ1v) is 11.3. The third-order valence-electron chi connectivity index (χ3n) is 5.44. The summed E-state index contributed by atoms with van der Waals surface area (Å²) < 4.78 is 45.5. The number of sulfonamides is 1. The summed E-state index contributed by atoms with van der Waals surface area (Å²) in [6.45, 7) is 5.60. The lowest BCUT2D eigenvalue weighted by atomic mass is 9.74. The fourth-order valence-electron chi connectivity index (χ4n) is 3.69. The van der Waals surface area contributed by atoms with E-state index in [0.717, 1.165) is 29.7 Å². The smallest absolute Gasteiger partial charge is 0.244 e. The zero-order valence-electron chi connectivity index (χ0n) is 17.2. The molecule has 2 aromatic carbocycles. The zero-order valence-corrected chi connectivity index (χ0v) is 18.1. The molecule has 0 unspecified atom stereocenters. The fraction of sp³-hybridized carbons (Fsp3) is 0.455. The maximum atomic E-state index is 13.2. The normalized spacial score (nSPS) is 16.4. The second kappa shape index (κ2) is 9.15. The van der Waals surface area contributed by atoms with Gasteiger partial charge >= 0.3 is 0 Å². The van der Waals surface area contributed by atoms with Crippen LogP contribution in [0.15, 0.2) is 47.4 Å². The van der Waals surface area contributed by atoms with Gasteiger partial charge in [-0.2, -0.15) is 0 Å². The summed E-state index contributed by atoms with van der Waals surface area (Å²) in [5, 5.41) is 0. The minimum atomic E-state index is -3.73. The van der Waals surface area contributed by atoms with Gasteiger partial charge in [0.2, 0.25) is 10.0 Å². The van der Waals surface area contributed by atoms with Crippen molar-refractivity contribution >= 4 is 10.0 Å². The topological polar surface area (TPSA) is 73.9 Å². The van der Waals surface area contributed by atoms with E-state index in [9.17, 15) is 8.42 Å². The molecule has 0 atom stereocenters. The Morgan fingerprint density at radius 2 is 1.79 bits per heavy atom. The molecule has 1 aliphatic heterocycles. The van der Waals surface area contributed by atoms with Crippen molar-refractivity contribution in [2.24, 2.45) is 0 Å². The number of ether oxygens (including phenoxy) is 3. The van der Waals surface area contributed by atoms with Gasteiger partial charge in [-0.05, 0) is 62.1 Å². The van der Waals surface area contributed by atoms with Crippen molar-refractivity contribution < 1.29 is 22.6 Å². The summed E-state index contributed by atoms with van der Waals surface area (Å²) in [6, 6.07) is 13.1. The molecular weight excluding hydrogens is 390 g/mol. The van der Waals surface area contributed by atoms with Crippen LogP contribution in [0.3, 0.4) is 0 Å². The quantitative estimate of drug-likeness (QED) is 0.710. The summed E-state index contributed by atoms with van der Waals surface area (Å²) in [6.07, 6.45) is 1.49. The van der Waals surface area contributed by atoms with E-state index < -0.39 is 10.0 Å². The van der Waals surface area contributed by atoms with Crippen LogP contribution >= 0.6 is 0 Å². The summed E-state index contributed by atoms with van der Waals surface area (Å²) in [4.78, 5) is 0.177. The highest BCUT2D eigenvalue weighted by Crippen LogP contribution is 2.36. The third kappa shape index (κ3) is 4.91. The number of rotatable bonds is 8. The zero-order chi connectivity index (χ0) is 20.9. The predicted octanol–water partition coefficient (Wildman–Crippen LogP) is 3.43. The van der Waals surface area contributed by atoms with Gasteiger partial charge in [0.25, 0.3) is 0 Å². The largest absolute Gasteiger partial charge is 0.497 e. The van der Waals surface area contributed by atoms with E-state index in [1.54, 1.807) is 19.2 Å². The molecule has 0 radical (unpaired) electrons. The Labute approximate surface area is 173 Å². The molecule has 1 aliphatic rings. The molecule has 3 rings (SSSR count). The van der Waals surface area contributed by atoms with Gasteiger partial charge in [0.1, 0.15) is 16.4 Å². The van der Waals surface area contributed by atoms with Crippen molar-refractivity contribution in [3.8, 4) is 11.5 Å². The highest BCUT2D eigenvalue weighted by molar-refractivity contribution is 7.89. The summed E-state index contributed by atoms with van der Waals surface area (Å²) >= 11 is 0. The standard InChI is InChI=1S/C22H29NO5S/c1-4-28-20-10-5-17(2)15-21(20)29(24,25)23-16-22(11-13-27-14-12-22)18-6-8-19(26-3)9-7-18/h5-10,15,23H,4,11-14,16H2,1-3H3. The molecule has 0 spiro atoms. The van der Waals surface area contributed by atoms with Crippen molar-refractivity contribution in [2.45, 2.75) is 37.0 Å². The van der Waals surface area contributed by atoms with Gasteiger partial charge in [-0.25, -0.2) is 13.1 Å². The van der Waals surface area contributed by atoms with Gasteiger partial charge in [0.05, 0.1) is 13.7 Å². The number of hydrogen-bond acceptors (Lipinski definition) is 5. The molecule has 158 valence electrons. The average Bonchev–Trinajstić information content (AvgIpc) is 2.74. The van der Waals surface area contributed by atoms with Crippen LogP contribution < -0.4 is 14.2 Å². The third-order valence-corrected chi connectivity index (χ3v) is 6.86. The van der Waals surface area contributed by atoms with Crippen molar-refractivity contribution in [1.82, 2.24) is 4.72 Å². The molecule has 0 aliphatic carbocycles. The average molecular weight is 420 g/mol. The summed E-state index contributed by atoms with van der Waals surface area (Å²) in [7, 11) is -2.10. The van der Waals surface area contributed by atoms with Crippen LogP contribution in [0.25, 0.3) is 0 Å². The van der Waals surface area contributed by atoms with E-state index in [2.05, 4.69) is 4.72 Å². The Bertz CT molecular complexity index is 919. The van der Waals surface area contributed by atoms with Crippen LogP contribution in [0.4, 0.5) is 0 Å². The monoisotopic (exact) mass is 419 g/mol. The van der Waals surface area contributed by atoms with Gasteiger partial charge < -0.3 is 14.2 Å². The van der Waals surface area contributed by atoms with Gasteiger partial charge in [-0.3, -0.25) is 0 Å².